The summed E-state index contributed by atoms with van der Waals surface area (Å²) < 4.78 is 4.94. The van der Waals surface area contributed by atoms with Gasteiger partial charge in [-0.25, -0.2) is 0 Å². The van der Waals surface area contributed by atoms with Crippen LogP contribution in [0.2, 0.25) is 0 Å². The molecule has 1 aromatic carbocycles. The highest BCUT2D eigenvalue weighted by Gasteiger charge is 2.19. The minimum absolute atomic E-state index is 0.0688. The summed E-state index contributed by atoms with van der Waals surface area (Å²) >= 11 is 0. The predicted molar refractivity (Wildman–Crippen MR) is 74.3 cm³/mol. The second-order valence-corrected chi connectivity index (χ2v) is 4.61. The van der Waals surface area contributed by atoms with Crippen LogP contribution in [0.3, 0.4) is 0 Å². The van der Waals surface area contributed by atoms with Gasteiger partial charge in [0.25, 0.3) is 0 Å². The minimum Gasteiger partial charge on any atom is -0.500 e. The number of rotatable bonds is 4. The van der Waals surface area contributed by atoms with Gasteiger partial charge in [-0.05, 0) is 25.3 Å². The summed E-state index contributed by atoms with van der Waals surface area (Å²) in [5.41, 5.74) is 0.140. The number of phenols is 1. The number of piperidine rings is 1. The van der Waals surface area contributed by atoms with E-state index in [9.17, 15) is 15.2 Å². The highest BCUT2D eigenvalue weighted by atomic mass is 16.6. The normalized spacial score (nSPS) is 15.6. The SMILES string of the molecule is COc1cc(/C=N\N2CCCCC2)cc([N+](=O)[O-])c1O. The molecule has 1 aliphatic rings. The van der Waals surface area contributed by atoms with E-state index >= 15 is 0 Å². The molecule has 0 spiro atoms. The quantitative estimate of drug-likeness (QED) is 0.518. The summed E-state index contributed by atoms with van der Waals surface area (Å²) in [5.74, 6) is -0.396. The first-order chi connectivity index (χ1) is 9.61. The molecule has 108 valence electrons. The van der Waals surface area contributed by atoms with Gasteiger partial charge in [0.15, 0.2) is 5.75 Å². The minimum atomic E-state index is -0.643. The fourth-order valence-corrected chi connectivity index (χ4v) is 2.12. The van der Waals surface area contributed by atoms with E-state index in [0.717, 1.165) is 25.9 Å². The summed E-state index contributed by atoms with van der Waals surface area (Å²) in [6.45, 7) is 1.79. The molecule has 7 nitrogen and oxygen atoms in total. The zero-order chi connectivity index (χ0) is 14.5. The van der Waals surface area contributed by atoms with Crippen molar-refractivity contribution in [1.82, 2.24) is 5.01 Å². The van der Waals surface area contributed by atoms with Crippen LogP contribution in [-0.2, 0) is 0 Å². The van der Waals surface area contributed by atoms with Crippen LogP contribution in [0.15, 0.2) is 17.2 Å². The molecule has 0 atom stereocenters. The van der Waals surface area contributed by atoms with Crippen LogP contribution in [0.4, 0.5) is 5.69 Å². The monoisotopic (exact) mass is 279 g/mol. The molecule has 0 amide bonds. The molecule has 0 unspecified atom stereocenters. The Morgan fingerprint density at radius 2 is 2.10 bits per heavy atom. The van der Waals surface area contributed by atoms with E-state index in [1.807, 2.05) is 5.01 Å². The molecular weight excluding hydrogens is 262 g/mol. The number of aromatic hydroxyl groups is 1. The molecule has 1 saturated heterocycles. The van der Waals surface area contributed by atoms with E-state index in [0.29, 0.717) is 5.56 Å². The molecule has 7 heteroatoms. The molecule has 1 N–H and O–H groups in total. The topological polar surface area (TPSA) is 88.2 Å². The van der Waals surface area contributed by atoms with E-state index in [1.54, 1.807) is 6.21 Å². The first-order valence-electron chi connectivity index (χ1n) is 6.46. The van der Waals surface area contributed by atoms with Gasteiger partial charge in [-0.1, -0.05) is 0 Å². The fraction of sp³-hybridized carbons (Fsp3) is 0.462. The number of benzene rings is 1. The van der Waals surface area contributed by atoms with Gasteiger partial charge in [-0.3, -0.25) is 15.1 Å². The number of nitro benzene ring substituents is 1. The van der Waals surface area contributed by atoms with Crippen molar-refractivity contribution in [2.45, 2.75) is 19.3 Å². The van der Waals surface area contributed by atoms with Crippen molar-refractivity contribution in [3.05, 3.63) is 27.8 Å². The van der Waals surface area contributed by atoms with E-state index in [1.165, 1.54) is 25.7 Å². The molecule has 0 bridgehead atoms. The molecule has 0 aliphatic carbocycles. The summed E-state index contributed by atoms with van der Waals surface area (Å²) in [4.78, 5) is 10.2. The molecule has 1 heterocycles. The summed E-state index contributed by atoms with van der Waals surface area (Å²) in [7, 11) is 1.35. The molecule has 0 radical (unpaired) electrons. The van der Waals surface area contributed by atoms with Gasteiger partial charge >= 0.3 is 5.69 Å². The van der Waals surface area contributed by atoms with Crippen LogP contribution < -0.4 is 4.74 Å². The van der Waals surface area contributed by atoms with Crippen LogP contribution in [-0.4, -0.2) is 41.5 Å². The molecule has 0 saturated carbocycles. The van der Waals surface area contributed by atoms with E-state index < -0.39 is 10.7 Å². The Hall–Kier alpha value is -2.31. The Labute approximate surface area is 116 Å². The number of nitrogens with zero attached hydrogens (tertiary/aromatic N) is 3. The molecule has 1 fully saturated rings. The largest absolute Gasteiger partial charge is 0.500 e. The lowest BCUT2D eigenvalue weighted by Crippen LogP contribution is -2.24. The maximum Gasteiger partial charge on any atom is 0.315 e. The Morgan fingerprint density at radius 3 is 2.70 bits per heavy atom. The smallest absolute Gasteiger partial charge is 0.315 e. The van der Waals surface area contributed by atoms with Crippen molar-refractivity contribution in [3.63, 3.8) is 0 Å². The highest BCUT2D eigenvalue weighted by molar-refractivity contribution is 5.83. The van der Waals surface area contributed by atoms with E-state index in [2.05, 4.69) is 5.10 Å². The Bertz CT molecular complexity index is 525. The van der Waals surface area contributed by atoms with Crippen molar-refractivity contribution in [1.29, 1.82) is 0 Å². The molecule has 2 rings (SSSR count). The Morgan fingerprint density at radius 1 is 1.40 bits per heavy atom. The van der Waals surface area contributed by atoms with Gasteiger partial charge < -0.3 is 9.84 Å². The standard InChI is InChI=1S/C13H17N3O4/c1-20-12-8-10(7-11(13(12)17)16(18)19)9-14-15-5-3-2-4-6-15/h7-9,17H,2-6H2,1H3/b14-9-. The summed E-state index contributed by atoms with van der Waals surface area (Å²) in [6.07, 6.45) is 4.98. The van der Waals surface area contributed by atoms with Crippen LogP contribution in [0, 0.1) is 10.1 Å². The second kappa shape index (κ2) is 6.23. The van der Waals surface area contributed by atoms with Gasteiger partial charge in [0.05, 0.1) is 18.2 Å². The van der Waals surface area contributed by atoms with Gasteiger partial charge in [0.2, 0.25) is 5.75 Å². The third kappa shape index (κ3) is 3.17. The van der Waals surface area contributed by atoms with Crippen molar-refractivity contribution in [2.75, 3.05) is 20.2 Å². The first kappa shape index (κ1) is 14.1. The zero-order valence-corrected chi connectivity index (χ0v) is 11.3. The van der Waals surface area contributed by atoms with Crippen molar-refractivity contribution in [3.8, 4) is 11.5 Å². The third-order valence-electron chi connectivity index (χ3n) is 3.20. The Kier molecular flexibility index (Phi) is 4.39. The average molecular weight is 279 g/mol. The number of nitro groups is 1. The molecular formula is C13H17N3O4. The van der Waals surface area contributed by atoms with Gasteiger partial charge in [0, 0.05) is 24.7 Å². The van der Waals surface area contributed by atoms with Crippen LogP contribution >= 0.6 is 0 Å². The van der Waals surface area contributed by atoms with Gasteiger partial charge in [0.1, 0.15) is 0 Å². The fourth-order valence-electron chi connectivity index (χ4n) is 2.12. The number of ether oxygens (including phenoxy) is 1. The lowest BCUT2D eigenvalue weighted by atomic mass is 10.1. The van der Waals surface area contributed by atoms with Crippen LogP contribution in [0.25, 0.3) is 0 Å². The maximum absolute atomic E-state index is 10.9. The number of hydrogen-bond acceptors (Lipinski definition) is 6. The zero-order valence-electron chi connectivity index (χ0n) is 11.3. The van der Waals surface area contributed by atoms with Crippen LogP contribution in [0.1, 0.15) is 24.8 Å². The molecule has 20 heavy (non-hydrogen) atoms. The molecule has 1 aromatic rings. The third-order valence-corrected chi connectivity index (χ3v) is 3.20. The van der Waals surface area contributed by atoms with Crippen molar-refractivity contribution < 1.29 is 14.8 Å². The number of phenolic OH excluding ortho intramolecular Hbond substituents is 1. The van der Waals surface area contributed by atoms with Crippen LogP contribution in [0.5, 0.6) is 11.5 Å². The maximum atomic E-state index is 10.9. The lowest BCUT2D eigenvalue weighted by molar-refractivity contribution is -0.386. The lowest BCUT2D eigenvalue weighted by Gasteiger charge is -2.23. The number of hydrazone groups is 1. The summed E-state index contributed by atoms with van der Waals surface area (Å²) in [5, 5.41) is 26.8. The predicted octanol–water partition coefficient (Wildman–Crippen LogP) is 2.13. The van der Waals surface area contributed by atoms with E-state index in [4.69, 9.17) is 4.74 Å². The van der Waals surface area contributed by atoms with Crippen molar-refractivity contribution >= 4 is 11.9 Å². The average Bonchev–Trinajstić information content (AvgIpc) is 2.47. The van der Waals surface area contributed by atoms with Gasteiger partial charge in [-0.2, -0.15) is 5.10 Å². The molecule has 1 aliphatic heterocycles. The highest BCUT2D eigenvalue weighted by Crippen LogP contribution is 2.36. The summed E-state index contributed by atoms with van der Waals surface area (Å²) in [6, 6.07) is 2.81. The first-order valence-corrected chi connectivity index (χ1v) is 6.46. The Balaban J connectivity index is 2.24. The number of hydrogen-bond donors (Lipinski definition) is 1. The van der Waals surface area contributed by atoms with Crippen molar-refractivity contribution in [2.24, 2.45) is 5.10 Å². The number of methoxy groups -OCH3 is 1. The molecule has 0 aromatic heterocycles. The van der Waals surface area contributed by atoms with Gasteiger partial charge in [-0.15, -0.1) is 0 Å². The van der Waals surface area contributed by atoms with E-state index in [-0.39, 0.29) is 11.4 Å². The second-order valence-electron chi connectivity index (χ2n) is 4.61.